The molecule has 0 saturated heterocycles. The molecule has 7 heteroatoms. The minimum Gasteiger partial charge on any atom is -0.444 e. The van der Waals surface area contributed by atoms with Gasteiger partial charge >= 0.3 is 0 Å². The largest absolute Gasteiger partial charge is 0.444 e. The zero-order valence-electron chi connectivity index (χ0n) is 17.6. The van der Waals surface area contributed by atoms with Crippen molar-refractivity contribution < 1.29 is 4.42 Å². The second-order valence-corrected chi connectivity index (χ2v) is 8.23. The average Bonchev–Trinajstić information content (AvgIpc) is 3.29. The number of guanidine groups is 1. The molecule has 2 heterocycles. The number of hydrogen-bond acceptors (Lipinski definition) is 5. The molecule has 0 radical (unpaired) electrons. The van der Waals surface area contributed by atoms with Crippen LogP contribution in [0.25, 0.3) is 11.5 Å². The van der Waals surface area contributed by atoms with Crippen molar-refractivity contribution in [3.8, 4) is 11.5 Å². The van der Waals surface area contributed by atoms with Crippen LogP contribution in [0.2, 0.25) is 0 Å². The summed E-state index contributed by atoms with van der Waals surface area (Å²) in [7, 11) is 0. The number of nitrogens with zero attached hydrogens (tertiary/aromatic N) is 3. The van der Waals surface area contributed by atoms with Gasteiger partial charge in [0.25, 0.3) is 0 Å². The van der Waals surface area contributed by atoms with Gasteiger partial charge in [0.15, 0.2) is 5.96 Å². The Hall–Kier alpha value is -2.67. The number of rotatable bonds is 8. The molecular weight excluding hydrogens is 382 g/mol. The lowest BCUT2D eigenvalue weighted by molar-refractivity contribution is 0.572. The molecule has 0 saturated carbocycles. The zero-order chi connectivity index (χ0) is 20.6. The second-order valence-electron chi connectivity index (χ2n) is 6.95. The first kappa shape index (κ1) is 21.0. The molecule has 0 unspecified atom stereocenters. The molecular formula is C22H29N5OS. The first-order chi connectivity index (χ1) is 14.0. The Morgan fingerprint density at radius 2 is 1.86 bits per heavy atom. The van der Waals surface area contributed by atoms with Crippen LogP contribution in [0.4, 0.5) is 0 Å². The van der Waals surface area contributed by atoms with Gasteiger partial charge in [0.2, 0.25) is 5.89 Å². The maximum Gasteiger partial charge on any atom is 0.226 e. The highest BCUT2D eigenvalue weighted by Crippen LogP contribution is 2.19. The molecule has 0 aliphatic heterocycles. The van der Waals surface area contributed by atoms with E-state index in [1.807, 2.05) is 12.1 Å². The molecule has 2 N–H and O–H groups in total. The van der Waals surface area contributed by atoms with Crippen LogP contribution in [0.1, 0.15) is 33.8 Å². The Kier molecular flexibility index (Phi) is 7.41. The van der Waals surface area contributed by atoms with Gasteiger partial charge in [-0.25, -0.2) is 9.97 Å². The molecule has 0 bridgehead atoms. The molecule has 0 aliphatic carbocycles. The van der Waals surface area contributed by atoms with Gasteiger partial charge in [0.05, 0.1) is 16.4 Å². The van der Waals surface area contributed by atoms with E-state index in [-0.39, 0.29) is 0 Å². The van der Waals surface area contributed by atoms with E-state index in [1.54, 1.807) is 17.6 Å². The highest BCUT2D eigenvalue weighted by atomic mass is 32.1. The fourth-order valence-corrected chi connectivity index (χ4v) is 3.73. The van der Waals surface area contributed by atoms with Gasteiger partial charge < -0.3 is 15.1 Å². The van der Waals surface area contributed by atoms with Crippen LogP contribution in [-0.2, 0) is 12.8 Å². The summed E-state index contributed by atoms with van der Waals surface area (Å²) < 4.78 is 5.63. The Bertz CT molecular complexity index is 923. The molecule has 3 rings (SSSR count). The zero-order valence-corrected chi connectivity index (χ0v) is 18.4. The second kappa shape index (κ2) is 10.2. The Balaban J connectivity index is 1.49. The summed E-state index contributed by atoms with van der Waals surface area (Å²) in [6, 6.07) is 8.19. The van der Waals surface area contributed by atoms with Crippen molar-refractivity contribution >= 4 is 17.3 Å². The van der Waals surface area contributed by atoms with Crippen LogP contribution in [-0.4, -0.2) is 35.6 Å². The van der Waals surface area contributed by atoms with Crippen LogP contribution in [0.5, 0.6) is 0 Å². The molecule has 3 aromatic rings. The van der Waals surface area contributed by atoms with Gasteiger partial charge in [0, 0.05) is 42.9 Å². The van der Waals surface area contributed by atoms with Crippen LogP contribution in [0.3, 0.4) is 0 Å². The summed E-state index contributed by atoms with van der Waals surface area (Å²) in [5.41, 5.74) is 4.27. The van der Waals surface area contributed by atoms with E-state index < -0.39 is 0 Å². The Morgan fingerprint density at radius 3 is 2.55 bits per heavy atom. The maximum atomic E-state index is 5.63. The molecule has 0 aliphatic rings. The fraction of sp³-hybridized carbons (Fsp3) is 0.409. The minimum absolute atomic E-state index is 0.662. The van der Waals surface area contributed by atoms with E-state index in [0.29, 0.717) is 12.4 Å². The molecule has 2 aromatic heterocycles. The van der Waals surface area contributed by atoms with Gasteiger partial charge in [-0.3, -0.25) is 4.99 Å². The average molecular weight is 412 g/mol. The van der Waals surface area contributed by atoms with E-state index in [4.69, 9.17) is 4.42 Å². The third-order valence-electron chi connectivity index (χ3n) is 4.54. The topological polar surface area (TPSA) is 75.3 Å². The number of aliphatic imine (C=N–C) groups is 1. The molecule has 0 spiro atoms. The van der Waals surface area contributed by atoms with Crippen molar-refractivity contribution in [2.45, 2.75) is 40.5 Å². The summed E-state index contributed by atoms with van der Waals surface area (Å²) in [6.07, 6.45) is 3.36. The molecule has 0 atom stereocenters. The van der Waals surface area contributed by atoms with Crippen molar-refractivity contribution in [3.05, 3.63) is 57.4 Å². The number of thiazole rings is 1. The number of oxazole rings is 1. The molecule has 0 fully saturated rings. The SMILES string of the molecule is CCNC(=NCCc1nc(C)c(C)s1)NCCc1coc(-c2ccc(C)cc2)n1. The first-order valence-electron chi connectivity index (χ1n) is 10.0. The fourth-order valence-electron chi connectivity index (χ4n) is 2.81. The maximum absolute atomic E-state index is 5.63. The molecule has 6 nitrogen and oxygen atoms in total. The van der Waals surface area contributed by atoms with Crippen molar-refractivity contribution in [2.24, 2.45) is 4.99 Å². The predicted molar refractivity (Wildman–Crippen MR) is 120 cm³/mol. The summed E-state index contributed by atoms with van der Waals surface area (Å²) in [5.74, 6) is 1.48. The summed E-state index contributed by atoms with van der Waals surface area (Å²) in [6.45, 7) is 10.6. The van der Waals surface area contributed by atoms with E-state index in [9.17, 15) is 0 Å². The van der Waals surface area contributed by atoms with Gasteiger partial charge in [-0.1, -0.05) is 17.7 Å². The van der Waals surface area contributed by atoms with Crippen LogP contribution >= 0.6 is 11.3 Å². The summed E-state index contributed by atoms with van der Waals surface area (Å²) in [5, 5.41) is 7.80. The number of nitrogens with one attached hydrogen (secondary N) is 2. The lowest BCUT2D eigenvalue weighted by Crippen LogP contribution is -2.38. The summed E-state index contributed by atoms with van der Waals surface area (Å²) >= 11 is 1.76. The standard InChI is InChI=1S/C22H29N5OS/c1-5-23-22(25-13-11-20-26-16(3)17(4)29-20)24-12-10-19-14-28-21(27-19)18-8-6-15(2)7-9-18/h6-9,14H,5,10-13H2,1-4H3,(H2,23,24,25). The van der Waals surface area contributed by atoms with Crippen LogP contribution in [0.15, 0.2) is 39.9 Å². The number of hydrogen-bond donors (Lipinski definition) is 2. The monoisotopic (exact) mass is 411 g/mol. The summed E-state index contributed by atoms with van der Waals surface area (Å²) in [4.78, 5) is 15.1. The van der Waals surface area contributed by atoms with Crippen LogP contribution < -0.4 is 10.6 Å². The quantitative estimate of drug-likeness (QED) is 0.432. The minimum atomic E-state index is 0.662. The van der Waals surface area contributed by atoms with Crippen molar-refractivity contribution in [3.63, 3.8) is 0 Å². The van der Waals surface area contributed by atoms with Crippen molar-refractivity contribution in [1.82, 2.24) is 20.6 Å². The molecule has 154 valence electrons. The number of aryl methyl sites for hydroxylation is 3. The van der Waals surface area contributed by atoms with E-state index in [1.165, 1.54) is 10.4 Å². The smallest absolute Gasteiger partial charge is 0.226 e. The molecule has 29 heavy (non-hydrogen) atoms. The number of aromatic nitrogens is 2. The predicted octanol–water partition coefficient (Wildman–Crippen LogP) is 4.06. The normalized spacial score (nSPS) is 11.7. The van der Waals surface area contributed by atoms with Crippen molar-refractivity contribution in [1.29, 1.82) is 0 Å². The third-order valence-corrected chi connectivity index (χ3v) is 5.67. The van der Waals surface area contributed by atoms with Gasteiger partial charge in [-0.05, 0) is 39.8 Å². The van der Waals surface area contributed by atoms with E-state index >= 15 is 0 Å². The first-order valence-corrected chi connectivity index (χ1v) is 10.8. The molecule has 1 aromatic carbocycles. The molecule has 0 amide bonds. The Morgan fingerprint density at radius 1 is 1.07 bits per heavy atom. The number of benzene rings is 1. The van der Waals surface area contributed by atoms with E-state index in [0.717, 1.165) is 53.8 Å². The lowest BCUT2D eigenvalue weighted by atomic mass is 10.1. The van der Waals surface area contributed by atoms with Crippen LogP contribution in [0, 0.1) is 20.8 Å². The van der Waals surface area contributed by atoms with E-state index in [2.05, 4.69) is 65.4 Å². The van der Waals surface area contributed by atoms with Gasteiger partial charge in [-0.15, -0.1) is 11.3 Å². The lowest BCUT2D eigenvalue weighted by Gasteiger charge is -2.10. The highest BCUT2D eigenvalue weighted by molar-refractivity contribution is 7.11. The van der Waals surface area contributed by atoms with Gasteiger partial charge in [-0.2, -0.15) is 0 Å². The van der Waals surface area contributed by atoms with Gasteiger partial charge in [0.1, 0.15) is 6.26 Å². The third kappa shape index (κ3) is 6.15. The highest BCUT2D eigenvalue weighted by Gasteiger charge is 2.07. The van der Waals surface area contributed by atoms with Crippen molar-refractivity contribution in [2.75, 3.05) is 19.6 Å². The Labute approximate surface area is 176 Å².